The second-order valence-corrected chi connectivity index (χ2v) is 4.09. The first-order valence-corrected chi connectivity index (χ1v) is 5.46. The topological polar surface area (TPSA) is 50.7 Å². The van der Waals surface area contributed by atoms with Crippen molar-refractivity contribution in [3.05, 3.63) is 21.9 Å². The zero-order valence-electron chi connectivity index (χ0n) is 9.03. The van der Waals surface area contributed by atoms with Gasteiger partial charge in [-0.2, -0.15) is 5.10 Å². The van der Waals surface area contributed by atoms with Crippen molar-refractivity contribution in [1.29, 1.82) is 0 Å². The number of hydrazone groups is 1. The maximum Gasteiger partial charge on any atom is 0.427 e. The Hall–Kier alpha value is -1.36. The summed E-state index contributed by atoms with van der Waals surface area (Å²) in [7, 11) is 1.31. The Balaban J connectivity index is 2.66. The third-order valence-corrected chi connectivity index (χ3v) is 3.21. The number of hydrogen-bond donors (Lipinski definition) is 1. The van der Waals surface area contributed by atoms with Crippen LogP contribution in [0.2, 0.25) is 0 Å². The molecule has 15 heavy (non-hydrogen) atoms. The van der Waals surface area contributed by atoms with Gasteiger partial charge in [-0.25, -0.2) is 10.2 Å². The molecule has 0 spiro atoms. The summed E-state index contributed by atoms with van der Waals surface area (Å²) in [4.78, 5) is 13.1. The minimum absolute atomic E-state index is 0.554. The summed E-state index contributed by atoms with van der Waals surface area (Å²) in [6.07, 6.45) is 0.462. The Labute approximate surface area is 93.0 Å². The van der Waals surface area contributed by atoms with E-state index < -0.39 is 6.09 Å². The van der Waals surface area contributed by atoms with Gasteiger partial charge in [0.15, 0.2) is 0 Å². The van der Waals surface area contributed by atoms with Crippen molar-refractivity contribution in [2.75, 3.05) is 7.11 Å². The van der Waals surface area contributed by atoms with Gasteiger partial charge in [-0.15, -0.1) is 11.3 Å². The molecule has 0 radical (unpaired) electrons. The average Bonchev–Trinajstić information content (AvgIpc) is 2.73. The van der Waals surface area contributed by atoms with E-state index in [2.05, 4.69) is 28.3 Å². The van der Waals surface area contributed by atoms with E-state index in [1.165, 1.54) is 12.0 Å². The molecule has 1 rings (SSSR count). The van der Waals surface area contributed by atoms with E-state index in [1.54, 1.807) is 11.3 Å². The Morgan fingerprint density at radius 2 is 2.33 bits per heavy atom. The van der Waals surface area contributed by atoms with Crippen LogP contribution in [0, 0.1) is 0 Å². The number of hydrogen-bond acceptors (Lipinski definition) is 4. The Bertz CT molecular complexity index is 371. The van der Waals surface area contributed by atoms with Gasteiger partial charge in [0.05, 0.1) is 17.7 Å². The van der Waals surface area contributed by atoms with Crippen molar-refractivity contribution in [3.8, 4) is 0 Å². The number of aryl methyl sites for hydroxylation is 1. The first-order valence-electron chi connectivity index (χ1n) is 4.64. The van der Waals surface area contributed by atoms with Gasteiger partial charge in [-0.1, -0.05) is 6.92 Å². The van der Waals surface area contributed by atoms with Crippen molar-refractivity contribution in [2.24, 2.45) is 5.10 Å². The van der Waals surface area contributed by atoms with Gasteiger partial charge >= 0.3 is 6.09 Å². The lowest BCUT2D eigenvalue weighted by molar-refractivity contribution is 0.171. The predicted molar refractivity (Wildman–Crippen MR) is 61.4 cm³/mol. The number of rotatable bonds is 3. The summed E-state index contributed by atoms with van der Waals surface area (Å²) in [6, 6.07) is 4.07. The molecule has 0 aliphatic heterocycles. The zero-order chi connectivity index (χ0) is 11.3. The molecule has 0 saturated heterocycles. The van der Waals surface area contributed by atoms with Crippen molar-refractivity contribution in [1.82, 2.24) is 5.43 Å². The molecule has 0 unspecified atom stereocenters. The number of carbonyl (C=O) groups is 1. The lowest BCUT2D eigenvalue weighted by Crippen LogP contribution is -2.18. The van der Waals surface area contributed by atoms with E-state index in [0.717, 1.165) is 17.0 Å². The highest BCUT2D eigenvalue weighted by Gasteiger charge is 2.02. The SMILES string of the molecule is CCc1ccc(C(C)=NNC(=O)OC)s1. The van der Waals surface area contributed by atoms with Gasteiger partial charge in [-0.3, -0.25) is 0 Å². The molecule has 1 aromatic heterocycles. The molecule has 0 aliphatic rings. The van der Waals surface area contributed by atoms with E-state index in [9.17, 15) is 4.79 Å². The normalized spacial score (nSPS) is 11.3. The van der Waals surface area contributed by atoms with Crippen LogP contribution in [0.15, 0.2) is 17.2 Å². The van der Waals surface area contributed by atoms with Crippen molar-refractivity contribution >= 4 is 23.1 Å². The molecular weight excluding hydrogens is 212 g/mol. The molecule has 82 valence electrons. The second-order valence-electron chi connectivity index (χ2n) is 2.92. The summed E-state index contributed by atoms with van der Waals surface area (Å²) < 4.78 is 4.41. The first-order chi connectivity index (χ1) is 7.17. The molecule has 5 heteroatoms. The van der Waals surface area contributed by atoms with Crippen molar-refractivity contribution in [2.45, 2.75) is 20.3 Å². The summed E-state index contributed by atoms with van der Waals surface area (Å²) in [5.41, 5.74) is 3.07. The number of thiophene rings is 1. The van der Waals surface area contributed by atoms with E-state index in [1.807, 2.05) is 13.0 Å². The van der Waals surface area contributed by atoms with Gasteiger partial charge < -0.3 is 4.74 Å². The molecule has 1 heterocycles. The summed E-state index contributed by atoms with van der Waals surface area (Å²) >= 11 is 1.68. The van der Waals surface area contributed by atoms with E-state index in [4.69, 9.17) is 0 Å². The fourth-order valence-corrected chi connectivity index (χ4v) is 1.88. The number of nitrogens with one attached hydrogen (secondary N) is 1. The highest BCUT2D eigenvalue weighted by Crippen LogP contribution is 2.17. The maximum atomic E-state index is 10.8. The van der Waals surface area contributed by atoms with Crippen LogP contribution in [-0.2, 0) is 11.2 Å². The van der Waals surface area contributed by atoms with Gasteiger partial charge in [0.25, 0.3) is 0 Å². The smallest absolute Gasteiger partial charge is 0.427 e. The number of amides is 1. The lowest BCUT2D eigenvalue weighted by Gasteiger charge is -1.98. The molecule has 0 bridgehead atoms. The van der Waals surface area contributed by atoms with Gasteiger partial charge in [0.2, 0.25) is 0 Å². The Morgan fingerprint density at radius 3 is 2.87 bits per heavy atom. The van der Waals surface area contributed by atoms with E-state index in [-0.39, 0.29) is 0 Å². The predicted octanol–water partition coefficient (Wildman–Crippen LogP) is 2.39. The van der Waals surface area contributed by atoms with Crippen LogP contribution in [0.5, 0.6) is 0 Å². The molecular formula is C10H14N2O2S. The summed E-state index contributed by atoms with van der Waals surface area (Å²) in [5.74, 6) is 0. The lowest BCUT2D eigenvalue weighted by atomic mass is 10.3. The number of methoxy groups -OCH3 is 1. The zero-order valence-corrected chi connectivity index (χ0v) is 9.85. The molecule has 0 atom stereocenters. The minimum atomic E-state index is -0.554. The average molecular weight is 226 g/mol. The third-order valence-electron chi connectivity index (χ3n) is 1.87. The monoisotopic (exact) mass is 226 g/mol. The quantitative estimate of drug-likeness (QED) is 0.635. The summed E-state index contributed by atoms with van der Waals surface area (Å²) in [5, 5.41) is 3.92. The fraction of sp³-hybridized carbons (Fsp3) is 0.400. The van der Waals surface area contributed by atoms with E-state index >= 15 is 0 Å². The third kappa shape index (κ3) is 3.36. The number of nitrogens with zero attached hydrogens (tertiary/aromatic N) is 1. The van der Waals surface area contributed by atoms with Crippen LogP contribution in [0.3, 0.4) is 0 Å². The van der Waals surface area contributed by atoms with Crippen LogP contribution < -0.4 is 5.43 Å². The van der Waals surface area contributed by atoms with Crippen molar-refractivity contribution in [3.63, 3.8) is 0 Å². The first kappa shape index (κ1) is 11.7. The molecule has 0 aromatic carbocycles. The largest absolute Gasteiger partial charge is 0.452 e. The van der Waals surface area contributed by atoms with Crippen LogP contribution >= 0.6 is 11.3 Å². The second kappa shape index (κ2) is 5.50. The number of ether oxygens (including phenoxy) is 1. The maximum absolute atomic E-state index is 10.8. The number of carbonyl (C=O) groups excluding carboxylic acids is 1. The Morgan fingerprint density at radius 1 is 1.60 bits per heavy atom. The molecule has 0 saturated carbocycles. The van der Waals surface area contributed by atoms with E-state index in [0.29, 0.717) is 0 Å². The minimum Gasteiger partial charge on any atom is -0.452 e. The van der Waals surface area contributed by atoms with Crippen LogP contribution in [0.1, 0.15) is 23.6 Å². The molecule has 1 aromatic rings. The molecule has 1 amide bonds. The highest BCUT2D eigenvalue weighted by atomic mass is 32.1. The summed E-state index contributed by atoms with van der Waals surface area (Å²) in [6.45, 7) is 3.95. The van der Waals surface area contributed by atoms with Crippen LogP contribution in [0.4, 0.5) is 4.79 Å². The molecule has 4 nitrogen and oxygen atoms in total. The van der Waals surface area contributed by atoms with Gasteiger partial charge in [-0.05, 0) is 25.5 Å². The van der Waals surface area contributed by atoms with Crippen LogP contribution in [-0.4, -0.2) is 18.9 Å². The standard InChI is InChI=1S/C10H14N2O2S/c1-4-8-5-6-9(15-8)7(2)11-12-10(13)14-3/h5-6H,4H2,1-3H3,(H,12,13). The van der Waals surface area contributed by atoms with Crippen LogP contribution in [0.25, 0.3) is 0 Å². The fourth-order valence-electron chi connectivity index (χ4n) is 0.993. The van der Waals surface area contributed by atoms with Gasteiger partial charge in [0.1, 0.15) is 0 Å². The van der Waals surface area contributed by atoms with Crippen molar-refractivity contribution < 1.29 is 9.53 Å². The molecule has 1 N–H and O–H groups in total. The van der Waals surface area contributed by atoms with Gasteiger partial charge in [0, 0.05) is 4.88 Å². The Kier molecular flexibility index (Phi) is 4.30. The molecule has 0 fully saturated rings. The highest BCUT2D eigenvalue weighted by molar-refractivity contribution is 7.14. The molecule has 0 aliphatic carbocycles.